The zero-order chi connectivity index (χ0) is 12.9. The first-order valence-electron chi connectivity index (χ1n) is 4.90. The SMILES string of the molecule is NCCN(Cc1cccnc1)C(=O)C(F)(F)F. The van der Waals surface area contributed by atoms with Crippen LogP contribution in [0.15, 0.2) is 24.5 Å². The number of rotatable bonds is 4. The normalized spacial score (nSPS) is 11.3. The number of hydrogen-bond donors (Lipinski definition) is 1. The van der Waals surface area contributed by atoms with Gasteiger partial charge >= 0.3 is 12.1 Å². The van der Waals surface area contributed by atoms with E-state index in [1.165, 1.54) is 12.4 Å². The van der Waals surface area contributed by atoms with Crippen molar-refractivity contribution in [1.82, 2.24) is 9.88 Å². The van der Waals surface area contributed by atoms with Gasteiger partial charge in [-0.15, -0.1) is 0 Å². The molecular weight excluding hydrogens is 235 g/mol. The average molecular weight is 247 g/mol. The second-order valence-corrected chi connectivity index (χ2v) is 3.37. The van der Waals surface area contributed by atoms with Crippen molar-refractivity contribution in [2.75, 3.05) is 13.1 Å². The molecule has 7 heteroatoms. The van der Waals surface area contributed by atoms with Crippen LogP contribution in [0.25, 0.3) is 0 Å². The van der Waals surface area contributed by atoms with Crippen molar-refractivity contribution < 1.29 is 18.0 Å². The van der Waals surface area contributed by atoms with Crippen LogP contribution in [0, 0.1) is 0 Å². The van der Waals surface area contributed by atoms with E-state index in [9.17, 15) is 18.0 Å². The second kappa shape index (κ2) is 5.62. The molecule has 0 atom stereocenters. The van der Waals surface area contributed by atoms with Gasteiger partial charge in [-0.2, -0.15) is 13.2 Å². The molecule has 0 saturated heterocycles. The minimum absolute atomic E-state index is 0.0257. The summed E-state index contributed by atoms with van der Waals surface area (Å²) in [6, 6.07) is 3.19. The highest BCUT2D eigenvalue weighted by molar-refractivity contribution is 5.81. The largest absolute Gasteiger partial charge is 0.471 e. The van der Waals surface area contributed by atoms with Crippen LogP contribution in [0.3, 0.4) is 0 Å². The number of amides is 1. The lowest BCUT2D eigenvalue weighted by Crippen LogP contribution is -2.43. The van der Waals surface area contributed by atoms with E-state index in [0.29, 0.717) is 10.5 Å². The number of nitrogens with zero attached hydrogens (tertiary/aromatic N) is 2. The molecular formula is C10H12F3N3O. The molecule has 0 aromatic carbocycles. The Kier molecular flexibility index (Phi) is 4.45. The summed E-state index contributed by atoms with van der Waals surface area (Å²) in [6.07, 6.45) is -1.97. The van der Waals surface area contributed by atoms with Gasteiger partial charge in [0.2, 0.25) is 0 Å². The Hall–Kier alpha value is -1.63. The molecule has 0 radical (unpaired) electrons. The summed E-state index contributed by atoms with van der Waals surface area (Å²) in [7, 11) is 0. The highest BCUT2D eigenvalue weighted by Gasteiger charge is 2.42. The molecule has 0 bridgehead atoms. The number of carbonyl (C=O) groups excluding carboxylic acids is 1. The van der Waals surface area contributed by atoms with Gasteiger partial charge in [-0.25, -0.2) is 0 Å². The minimum Gasteiger partial charge on any atom is -0.329 e. The van der Waals surface area contributed by atoms with Crippen molar-refractivity contribution in [2.45, 2.75) is 12.7 Å². The van der Waals surface area contributed by atoms with Crippen molar-refractivity contribution in [2.24, 2.45) is 5.73 Å². The monoisotopic (exact) mass is 247 g/mol. The van der Waals surface area contributed by atoms with Gasteiger partial charge in [0.25, 0.3) is 0 Å². The lowest BCUT2D eigenvalue weighted by Gasteiger charge is -2.22. The Morgan fingerprint density at radius 1 is 1.47 bits per heavy atom. The molecule has 4 nitrogen and oxygen atoms in total. The third kappa shape index (κ3) is 4.03. The van der Waals surface area contributed by atoms with Gasteiger partial charge in [-0.1, -0.05) is 6.07 Å². The van der Waals surface area contributed by atoms with Crippen LogP contribution in [0.2, 0.25) is 0 Å². The smallest absolute Gasteiger partial charge is 0.329 e. The topological polar surface area (TPSA) is 59.2 Å². The zero-order valence-corrected chi connectivity index (χ0v) is 8.94. The number of hydrogen-bond acceptors (Lipinski definition) is 3. The zero-order valence-electron chi connectivity index (χ0n) is 8.94. The van der Waals surface area contributed by atoms with Crippen LogP contribution in [0.1, 0.15) is 5.56 Å². The molecule has 0 spiro atoms. The molecule has 1 amide bonds. The molecule has 1 rings (SSSR count). The number of carbonyl (C=O) groups is 1. The summed E-state index contributed by atoms with van der Waals surface area (Å²) in [5.41, 5.74) is 5.71. The number of halogens is 3. The van der Waals surface area contributed by atoms with E-state index in [4.69, 9.17) is 5.73 Å². The van der Waals surface area contributed by atoms with Gasteiger partial charge in [0.05, 0.1) is 0 Å². The molecule has 2 N–H and O–H groups in total. The summed E-state index contributed by atoms with van der Waals surface area (Å²) in [5, 5.41) is 0. The maximum Gasteiger partial charge on any atom is 0.471 e. The van der Waals surface area contributed by atoms with Gasteiger partial charge in [0.15, 0.2) is 0 Å². The molecule has 0 unspecified atom stereocenters. The molecule has 1 heterocycles. The predicted molar refractivity (Wildman–Crippen MR) is 54.8 cm³/mol. The fraction of sp³-hybridized carbons (Fsp3) is 0.400. The number of pyridine rings is 1. The third-order valence-electron chi connectivity index (χ3n) is 2.02. The Bertz CT molecular complexity index is 367. The summed E-state index contributed by atoms with van der Waals surface area (Å²) in [4.78, 5) is 15.5. The lowest BCUT2D eigenvalue weighted by atomic mass is 10.2. The molecule has 0 saturated carbocycles. The summed E-state index contributed by atoms with van der Waals surface area (Å²) < 4.78 is 36.8. The summed E-state index contributed by atoms with van der Waals surface area (Å²) >= 11 is 0. The predicted octanol–water partition coefficient (Wildman–Crippen LogP) is 0.931. The summed E-state index contributed by atoms with van der Waals surface area (Å²) in [6.45, 7) is -0.321. The first kappa shape index (κ1) is 13.4. The van der Waals surface area contributed by atoms with E-state index < -0.39 is 12.1 Å². The second-order valence-electron chi connectivity index (χ2n) is 3.37. The van der Waals surface area contributed by atoms with E-state index >= 15 is 0 Å². The van der Waals surface area contributed by atoms with E-state index in [2.05, 4.69) is 4.98 Å². The first-order valence-corrected chi connectivity index (χ1v) is 4.90. The van der Waals surface area contributed by atoms with E-state index in [1.807, 2.05) is 0 Å². The molecule has 0 aliphatic rings. The van der Waals surface area contributed by atoms with Crippen LogP contribution >= 0.6 is 0 Å². The molecule has 0 aliphatic heterocycles. The molecule has 0 aliphatic carbocycles. The van der Waals surface area contributed by atoms with Crippen molar-refractivity contribution in [3.8, 4) is 0 Å². The fourth-order valence-electron chi connectivity index (χ4n) is 1.30. The quantitative estimate of drug-likeness (QED) is 0.861. The van der Waals surface area contributed by atoms with Crippen LogP contribution in [-0.2, 0) is 11.3 Å². The maximum atomic E-state index is 12.3. The van der Waals surface area contributed by atoms with Gasteiger partial charge in [0, 0.05) is 32.0 Å². The van der Waals surface area contributed by atoms with Crippen molar-refractivity contribution in [3.63, 3.8) is 0 Å². The van der Waals surface area contributed by atoms with Crippen LogP contribution in [-0.4, -0.2) is 35.1 Å². The van der Waals surface area contributed by atoms with Crippen molar-refractivity contribution in [1.29, 1.82) is 0 Å². The third-order valence-corrected chi connectivity index (χ3v) is 2.02. The summed E-state index contributed by atoms with van der Waals surface area (Å²) in [5.74, 6) is -1.88. The average Bonchev–Trinajstić information content (AvgIpc) is 2.28. The molecule has 17 heavy (non-hydrogen) atoms. The Labute approximate surface area is 96.2 Å². The van der Waals surface area contributed by atoms with E-state index in [0.717, 1.165) is 0 Å². The number of aromatic nitrogens is 1. The molecule has 94 valence electrons. The molecule has 0 fully saturated rings. The maximum absolute atomic E-state index is 12.3. The van der Waals surface area contributed by atoms with Crippen LogP contribution in [0.5, 0.6) is 0 Å². The van der Waals surface area contributed by atoms with Gasteiger partial charge < -0.3 is 10.6 Å². The van der Waals surface area contributed by atoms with Crippen molar-refractivity contribution >= 4 is 5.91 Å². The van der Waals surface area contributed by atoms with Crippen LogP contribution in [0.4, 0.5) is 13.2 Å². The Morgan fingerprint density at radius 2 is 2.18 bits per heavy atom. The highest BCUT2D eigenvalue weighted by Crippen LogP contribution is 2.19. The minimum atomic E-state index is -4.88. The lowest BCUT2D eigenvalue weighted by molar-refractivity contribution is -0.186. The van der Waals surface area contributed by atoms with E-state index in [-0.39, 0.29) is 19.6 Å². The van der Waals surface area contributed by atoms with E-state index in [1.54, 1.807) is 12.1 Å². The fourth-order valence-corrected chi connectivity index (χ4v) is 1.30. The highest BCUT2D eigenvalue weighted by atomic mass is 19.4. The first-order chi connectivity index (χ1) is 7.95. The Morgan fingerprint density at radius 3 is 2.65 bits per heavy atom. The number of alkyl halides is 3. The Balaban J connectivity index is 2.77. The standard InChI is InChI=1S/C10H12F3N3O/c11-10(12,13)9(17)16(5-3-14)7-8-2-1-4-15-6-8/h1-2,4,6H,3,5,7,14H2. The van der Waals surface area contributed by atoms with Crippen molar-refractivity contribution in [3.05, 3.63) is 30.1 Å². The van der Waals surface area contributed by atoms with Gasteiger partial charge in [-0.3, -0.25) is 9.78 Å². The molecule has 1 aromatic heterocycles. The number of nitrogens with two attached hydrogens (primary N) is 1. The van der Waals surface area contributed by atoms with Crippen LogP contribution < -0.4 is 5.73 Å². The van der Waals surface area contributed by atoms with Gasteiger partial charge in [-0.05, 0) is 11.6 Å². The van der Waals surface area contributed by atoms with Gasteiger partial charge in [0.1, 0.15) is 0 Å². The molecule has 1 aromatic rings.